The average molecular weight is 329 g/mol. The molecule has 0 aromatic heterocycles. The summed E-state index contributed by atoms with van der Waals surface area (Å²) < 4.78 is 18.0. The van der Waals surface area contributed by atoms with Gasteiger partial charge in [0, 0.05) is 25.6 Å². The Bertz CT molecular complexity index is 463. The quantitative estimate of drug-likeness (QED) is 0.906. The van der Waals surface area contributed by atoms with Crippen molar-refractivity contribution in [3.63, 3.8) is 0 Å². The fourth-order valence-electron chi connectivity index (χ4n) is 2.60. The maximum atomic E-state index is 9.40. The number of aliphatic hydroxyl groups is 1. The molecule has 19 heavy (non-hydrogen) atoms. The van der Waals surface area contributed by atoms with Gasteiger partial charge in [-0.05, 0) is 40.0 Å². The average Bonchev–Trinajstić information content (AvgIpc) is 2.76. The Hall–Kier alpha value is -0.780. The van der Waals surface area contributed by atoms with Crippen LogP contribution in [0.15, 0.2) is 16.6 Å². The third-order valence-electron chi connectivity index (χ3n) is 3.60. The van der Waals surface area contributed by atoms with E-state index in [9.17, 15) is 5.11 Å². The van der Waals surface area contributed by atoms with E-state index in [1.165, 1.54) is 0 Å². The minimum absolute atomic E-state index is 0.0570. The molecule has 0 radical (unpaired) electrons. The van der Waals surface area contributed by atoms with Crippen LogP contribution in [0.2, 0.25) is 0 Å². The van der Waals surface area contributed by atoms with Gasteiger partial charge in [-0.25, -0.2) is 0 Å². The minimum Gasteiger partial charge on any atom is -0.490 e. The molecule has 3 rings (SSSR count). The Morgan fingerprint density at radius 1 is 1.21 bits per heavy atom. The Labute approximate surface area is 120 Å². The molecule has 1 saturated heterocycles. The Balaban J connectivity index is 1.94. The first-order chi connectivity index (χ1) is 9.29. The first kappa shape index (κ1) is 13.2. The van der Waals surface area contributed by atoms with Crippen LogP contribution >= 0.6 is 15.9 Å². The summed E-state index contributed by atoms with van der Waals surface area (Å²) in [5.74, 6) is 1.69. The monoisotopic (exact) mass is 328 g/mol. The Morgan fingerprint density at radius 3 is 2.89 bits per heavy atom. The number of ether oxygens (including phenoxy) is 3. The van der Waals surface area contributed by atoms with E-state index in [2.05, 4.69) is 15.9 Å². The van der Waals surface area contributed by atoms with Gasteiger partial charge in [0.2, 0.25) is 0 Å². The topological polar surface area (TPSA) is 47.9 Å². The van der Waals surface area contributed by atoms with Gasteiger partial charge in [0.1, 0.15) is 0 Å². The zero-order valence-electron chi connectivity index (χ0n) is 10.6. The van der Waals surface area contributed by atoms with Crippen molar-refractivity contribution in [1.29, 1.82) is 0 Å². The molecule has 2 unspecified atom stereocenters. The molecule has 2 aliphatic heterocycles. The standard InChI is InChI=1S/C14H17BrO4/c15-11-6-10(13-9(8-16)2-5-19-13)7-12-14(11)18-4-1-3-17-12/h6-7,9,13,16H,1-5,8H2. The third-order valence-corrected chi connectivity index (χ3v) is 4.19. The predicted octanol–water partition coefficient (Wildman–Crippen LogP) is 2.68. The van der Waals surface area contributed by atoms with E-state index >= 15 is 0 Å². The number of halogens is 1. The summed E-state index contributed by atoms with van der Waals surface area (Å²) in [5, 5.41) is 9.40. The van der Waals surface area contributed by atoms with Crippen LogP contribution in [0.1, 0.15) is 24.5 Å². The van der Waals surface area contributed by atoms with Crippen LogP contribution in [-0.2, 0) is 4.74 Å². The van der Waals surface area contributed by atoms with Gasteiger partial charge in [-0.2, -0.15) is 0 Å². The molecule has 0 saturated carbocycles. The van der Waals surface area contributed by atoms with Gasteiger partial charge in [-0.3, -0.25) is 0 Å². The van der Waals surface area contributed by atoms with Crippen LogP contribution in [-0.4, -0.2) is 31.5 Å². The van der Waals surface area contributed by atoms with E-state index in [4.69, 9.17) is 14.2 Å². The molecule has 5 heteroatoms. The number of aliphatic hydroxyl groups excluding tert-OH is 1. The van der Waals surface area contributed by atoms with Crippen molar-refractivity contribution in [2.75, 3.05) is 26.4 Å². The summed E-state index contributed by atoms with van der Waals surface area (Å²) in [7, 11) is 0. The molecule has 0 spiro atoms. The van der Waals surface area contributed by atoms with Gasteiger partial charge in [0.15, 0.2) is 11.5 Å². The number of fused-ring (bicyclic) bond motifs is 1. The van der Waals surface area contributed by atoms with E-state index in [0.717, 1.165) is 34.4 Å². The SMILES string of the molecule is OCC1CCOC1c1cc(Br)c2c(c1)OCCCO2. The lowest BCUT2D eigenvalue weighted by Crippen LogP contribution is -2.11. The predicted molar refractivity (Wildman–Crippen MR) is 73.6 cm³/mol. The summed E-state index contributed by atoms with van der Waals surface area (Å²) in [5.41, 5.74) is 1.03. The van der Waals surface area contributed by atoms with Crippen molar-refractivity contribution in [1.82, 2.24) is 0 Å². The minimum atomic E-state index is -0.0570. The number of hydrogen-bond acceptors (Lipinski definition) is 4. The highest BCUT2D eigenvalue weighted by Gasteiger charge is 2.30. The molecule has 0 aliphatic carbocycles. The molecule has 1 N–H and O–H groups in total. The van der Waals surface area contributed by atoms with Crippen molar-refractivity contribution >= 4 is 15.9 Å². The van der Waals surface area contributed by atoms with Gasteiger partial charge in [-0.1, -0.05) is 0 Å². The van der Waals surface area contributed by atoms with E-state index in [1.807, 2.05) is 12.1 Å². The lowest BCUT2D eigenvalue weighted by molar-refractivity contribution is 0.0718. The summed E-state index contributed by atoms with van der Waals surface area (Å²) in [4.78, 5) is 0. The summed E-state index contributed by atoms with van der Waals surface area (Å²) >= 11 is 3.53. The molecule has 1 aromatic carbocycles. The summed E-state index contributed by atoms with van der Waals surface area (Å²) in [6.07, 6.45) is 1.72. The smallest absolute Gasteiger partial charge is 0.175 e. The van der Waals surface area contributed by atoms with Crippen LogP contribution < -0.4 is 9.47 Å². The Kier molecular flexibility index (Phi) is 3.96. The zero-order valence-corrected chi connectivity index (χ0v) is 12.2. The molecular formula is C14H17BrO4. The largest absolute Gasteiger partial charge is 0.490 e. The lowest BCUT2D eigenvalue weighted by atomic mass is 9.96. The number of rotatable bonds is 2. The fraction of sp³-hybridized carbons (Fsp3) is 0.571. The van der Waals surface area contributed by atoms with Crippen molar-refractivity contribution in [2.24, 2.45) is 5.92 Å². The lowest BCUT2D eigenvalue weighted by Gasteiger charge is -2.19. The van der Waals surface area contributed by atoms with Crippen molar-refractivity contribution < 1.29 is 19.3 Å². The zero-order chi connectivity index (χ0) is 13.2. The molecule has 2 aliphatic rings. The summed E-state index contributed by atoms with van der Waals surface area (Å²) in [6, 6.07) is 3.98. The molecule has 1 aromatic rings. The maximum Gasteiger partial charge on any atom is 0.175 e. The van der Waals surface area contributed by atoms with Crippen LogP contribution in [0.5, 0.6) is 11.5 Å². The highest BCUT2D eigenvalue weighted by atomic mass is 79.9. The first-order valence-electron chi connectivity index (χ1n) is 6.61. The molecule has 2 atom stereocenters. The van der Waals surface area contributed by atoms with Crippen LogP contribution in [0.25, 0.3) is 0 Å². The number of hydrogen-bond donors (Lipinski definition) is 1. The van der Waals surface area contributed by atoms with Crippen molar-refractivity contribution in [3.05, 3.63) is 22.2 Å². The van der Waals surface area contributed by atoms with Gasteiger partial charge in [0.05, 0.1) is 23.8 Å². The summed E-state index contributed by atoms with van der Waals surface area (Å²) in [6.45, 7) is 2.18. The van der Waals surface area contributed by atoms with Gasteiger partial charge in [0.25, 0.3) is 0 Å². The molecule has 0 amide bonds. The van der Waals surface area contributed by atoms with E-state index in [1.54, 1.807) is 0 Å². The van der Waals surface area contributed by atoms with Crippen LogP contribution in [0.3, 0.4) is 0 Å². The van der Waals surface area contributed by atoms with Crippen molar-refractivity contribution in [2.45, 2.75) is 18.9 Å². The normalized spacial score (nSPS) is 26.2. The highest BCUT2D eigenvalue weighted by Crippen LogP contribution is 2.43. The van der Waals surface area contributed by atoms with Gasteiger partial charge >= 0.3 is 0 Å². The van der Waals surface area contributed by atoms with Crippen molar-refractivity contribution in [3.8, 4) is 11.5 Å². The third kappa shape index (κ3) is 2.59. The molecular weight excluding hydrogens is 312 g/mol. The van der Waals surface area contributed by atoms with Gasteiger partial charge < -0.3 is 19.3 Å². The number of benzene rings is 1. The van der Waals surface area contributed by atoms with Gasteiger partial charge in [-0.15, -0.1) is 0 Å². The van der Waals surface area contributed by atoms with Crippen LogP contribution in [0.4, 0.5) is 0 Å². The second kappa shape index (κ2) is 5.69. The van der Waals surface area contributed by atoms with E-state index in [0.29, 0.717) is 19.8 Å². The highest BCUT2D eigenvalue weighted by molar-refractivity contribution is 9.10. The molecule has 104 valence electrons. The molecule has 1 fully saturated rings. The molecule has 4 nitrogen and oxygen atoms in total. The van der Waals surface area contributed by atoms with E-state index in [-0.39, 0.29) is 18.6 Å². The Morgan fingerprint density at radius 2 is 2.05 bits per heavy atom. The van der Waals surface area contributed by atoms with Crippen LogP contribution in [0, 0.1) is 5.92 Å². The fourth-order valence-corrected chi connectivity index (χ4v) is 3.18. The molecule has 2 heterocycles. The first-order valence-corrected chi connectivity index (χ1v) is 7.40. The second-order valence-electron chi connectivity index (χ2n) is 4.90. The van der Waals surface area contributed by atoms with E-state index < -0.39 is 0 Å². The molecule has 0 bridgehead atoms. The second-order valence-corrected chi connectivity index (χ2v) is 5.76. The maximum absolute atomic E-state index is 9.40.